The van der Waals surface area contributed by atoms with Gasteiger partial charge in [-0.25, -0.2) is 4.79 Å². The van der Waals surface area contributed by atoms with E-state index in [4.69, 9.17) is 10.5 Å². The Hall–Kier alpha value is -3.15. The summed E-state index contributed by atoms with van der Waals surface area (Å²) in [6, 6.07) is 18.4. The number of nitrogens with two attached hydrogens (primary N) is 1. The quantitative estimate of drug-likeness (QED) is 0.357. The van der Waals surface area contributed by atoms with E-state index in [2.05, 4.69) is 44.0 Å². The normalized spacial score (nSPS) is 11.0. The van der Waals surface area contributed by atoms with Crippen molar-refractivity contribution in [2.75, 3.05) is 0 Å². The molecule has 0 bridgehead atoms. The van der Waals surface area contributed by atoms with E-state index in [1.807, 2.05) is 35.6 Å². The molecule has 3 aromatic carbocycles. The highest BCUT2D eigenvalue weighted by Crippen LogP contribution is 2.36. The van der Waals surface area contributed by atoms with E-state index in [9.17, 15) is 14.9 Å². The number of carbonyl (C=O) groups is 2. The summed E-state index contributed by atoms with van der Waals surface area (Å²) in [6.45, 7) is 0.363. The zero-order chi connectivity index (χ0) is 21.7. The van der Waals surface area contributed by atoms with Crippen LogP contribution in [0.4, 0.5) is 4.79 Å². The Morgan fingerprint density at radius 3 is 2.37 bits per heavy atom. The molecule has 0 spiro atoms. The molecule has 6 nitrogen and oxygen atoms in total. The smallest absolute Gasteiger partial charge is 0.319 e. The maximum atomic E-state index is 11.8. The number of hydrogen-bond donors (Lipinski definition) is 2. The van der Waals surface area contributed by atoms with E-state index in [1.165, 1.54) is 6.08 Å². The highest BCUT2D eigenvalue weighted by Gasteiger charge is 2.13. The van der Waals surface area contributed by atoms with Crippen LogP contribution in [-0.2, 0) is 11.4 Å². The maximum Gasteiger partial charge on any atom is 0.319 e. The lowest BCUT2D eigenvalue weighted by atomic mass is 10.1. The molecule has 0 saturated heterocycles. The molecule has 3 amide bonds. The van der Waals surface area contributed by atoms with Gasteiger partial charge in [0.05, 0.1) is 8.95 Å². The van der Waals surface area contributed by atoms with Crippen LogP contribution in [-0.4, -0.2) is 11.9 Å². The van der Waals surface area contributed by atoms with Gasteiger partial charge in [-0.15, -0.1) is 0 Å². The van der Waals surface area contributed by atoms with Crippen molar-refractivity contribution in [1.29, 1.82) is 5.26 Å². The number of fused-ring (bicyclic) bond motifs is 1. The number of urea groups is 1. The van der Waals surface area contributed by atoms with Crippen molar-refractivity contribution >= 4 is 60.6 Å². The Labute approximate surface area is 189 Å². The number of nitrogens with one attached hydrogen (secondary N) is 1. The number of nitrogens with zero attached hydrogens (tertiary/aromatic N) is 1. The Bertz CT molecular complexity index is 1190. The molecule has 3 rings (SSSR count). The Morgan fingerprint density at radius 1 is 1.07 bits per heavy atom. The third-order valence-corrected chi connectivity index (χ3v) is 5.31. The van der Waals surface area contributed by atoms with Gasteiger partial charge in [-0.1, -0.05) is 36.4 Å². The Kier molecular flexibility index (Phi) is 6.87. The van der Waals surface area contributed by atoms with Crippen LogP contribution in [0, 0.1) is 11.3 Å². The van der Waals surface area contributed by atoms with Crippen LogP contribution < -0.4 is 15.8 Å². The van der Waals surface area contributed by atoms with Gasteiger partial charge in [-0.2, -0.15) is 5.26 Å². The molecule has 0 unspecified atom stereocenters. The first-order chi connectivity index (χ1) is 14.4. The SMILES string of the molecule is N#C/C(=C/c1cc(Br)c(OCc2ccc3ccccc3c2)c(Br)c1)C(=O)NC(N)=O. The molecular formula is C22H15Br2N3O3. The first-order valence-corrected chi connectivity index (χ1v) is 10.3. The van der Waals surface area contributed by atoms with Crippen molar-refractivity contribution in [3.63, 3.8) is 0 Å². The number of rotatable bonds is 5. The zero-order valence-corrected chi connectivity index (χ0v) is 18.7. The molecule has 0 aromatic heterocycles. The van der Waals surface area contributed by atoms with Crippen LogP contribution in [0.25, 0.3) is 16.8 Å². The van der Waals surface area contributed by atoms with Crippen LogP contribution in [0.15, 0.2) is 69.1 Å². The van der Waals surface area contributed by atoms with E-state index < -0.39 is 11.9 Å². The molecule has 0 aliphatic carbocycles. The number of halogens is 2. The molecular weight excluding hydrogens is 514 g/mol. The van der Waals surface area contributed by atoms with Crippen molar-refractivity contribution in [2.45, 2.75) is 6.61 Å². The van der Waals surface area contributed by atoms with Gasteiger partial charge in [-0.05, 0) is 78.0 Å². The van der Waals surface area contributed by atoms with Gasteiger partial charge in [0.1, 0.15) is 24.0 Å². The van der Waals surface area contributed by atoms with Crippen LogP contribution in [0.2, 0.25) is 0 Å². The summed E-state index contributed by atoms with van der Waals surface area (Å²) in [5, 5.41) is 13.3. The topological polar surface area (TPSA) is 105 Å². The summed E-state index contributed by atoms with van der Waals surface area (Å²) in [4.78, 5) is 22.6. The number of primary amides is 1. The fraction of sp³-hybridized carbons (Fsp3) is 0.0455. The van der Waals surface area contributed by atoms with Crippen LogP contribution in [0.1, 0.15) is 11.1 Å². The van der Waals surface area contributed by atoms with E-state index in [0.717, 1.165) is 16.3 Å². The summed E-state index contributed by atoms with van der Waals surface area (Å²) in [5.41, 5.74) is 6.25. The van der Waals surface area contributed by atoms with Crippen LogP contribution >= 0.6 is 31.9 Å². The standard InChI is InChI=1S/C22H15Br2N3O3/c23-18-9-14(8-17(11-25)21(28)27-22(26)29)10-19(24)20(18)30-12-13-5-6-15-3-1-2-4-16(15)7-13/h1-10H,12H2,(H3,26,27,28,29)/b17-8-. The average Bonchev–Trinajstić information content (AvgIpc) is 2.70. The van der Waals surface area contributed by atoms with Crippen molar-refractivity contribution in [2.24, 2.45) is 5.73 Å². The van der Waals surface area contributed by atoms with Crippen molar-refractivity contribution in [3.8, 4) is 11.8 Å². The molecule has 30 heavy (non-hydrogen) atoms. The first-order valence-electron chi connectivity index (χ1n) is 8.69. The van der Waals surface area contributed by atoms with Gasteiger partial charge in [-0.3, -0.25) is 10.1 Å². The molecule has 0 radical (unpaired) electrons. The van der Waals surface area contributed by atoms with E-state index in [-0.39, 0.29) is 5.57 Å². The molecule has 0 heterocycles. The number of nitriles is 1. The Morgan fingerprint density at radius 2 is 1.73 bits per heavy atom. The summed E-state index contributed by atoms with van der Waals surface area (Å²) < 4.78 is 7.24. The molecule has 0 saturated carbocycles. The van der Waals surface area contributed by atoms with E-state index in [1.54, 1.807) is 18.2 Å². The molecule has 0 atom stereocenters. The minimum atomic E-state index is -1.03. The predicted molar refractivity (Wildman–Crippen MR) is 121 cm³/mol. The Balaban J connectivity index is 1.80. The molecule has 0 fully saturated rings. The zero-order valence-electron chi connectivity index (χ0n) is 15.5. The molecule has 0 aliphatic heterocycles. The fourth-order valence-corrected chi connectivity index (χ4v) is 4.23. The summed E-state index contributed by atoms with van der Waals surface area (Å²) >= 11 is 6.92. The first kappa shape index (κ1) is 21.6. The summed E-state index contributed by atoms with van der Waals surface area (Å²) in [5.74, 6) is -0.283. The van der Waals surface area contributed by atoms with Crippen LogP contribution in [0.5, 0.6) is 5.75 Å². The third-order valence-electron chi connectivity index (χ3n) is 4.13. The highest BCUT2D eigenvalue weighted by atomic mass is 79.9. The second kappa shape index (κ2) is 9.57. The highest BCUT2D eigenvalue weighted by molar-refractivity contribution is 9.11. The molecule has 150 valence electrons. The van der Waals surface area contributed by atoms with Crippen molar-refractivity contribution in [1.82, 2.24) is 5.32 Å². The van der Waals surface area contributed by atoms with Crippen molar-refractivity contribution in [3.05, 3.63) is 80.2 Å². The second-order valence-electron chi connectivity index (χ2n) is 6.27. The van der Waals surface area contributed by atoms with E-state index >= 15 is 0 Å². The van der Waals surface area contributed by atoms with Gasteiger partial charge < -0.3 is 10.5 Å². The third kappa shape index (κ3) is 5.26. The molecule has 3 N–H and O–H groups in total. The van der Waals surface area contributed by atoms with Gasteiger partial charge >= 0.3 is 6.03 Å². The van der Waals surface area contributed by atoms with Gasteiger partial charge in [0.2, 0.25) is 0 Å². The fourth-order valence-electron chi connectivity index (χ4n) is 2.78. The maximum absolute atomic E-state index is 11.8. The second-order valence-corrected chi connectivity index (χ2v) is 7.98. The average molecular weight is 529 g/mol. The number of carbonyl (C=O) groups excluding carboxylic acids is 2. The minimum Gasteiger partial charge on any atom is -0.487 e. The van der Waals surface area contributed by atoms with Crippen molar-refractivity contribution < 1.29 is 14.3 Å². The lowest BCUT2D eigenvalue weighted by Crippen LogP contribution is -2.35. The monoisotopic (exact) mass is 527 g/mol. The number of amides is 3. The number of benzene rings is 3. The number of imide groups is 1. The van der Waals surface area contributed by atoms with Gasteiger partial charge in [0, 0.05) is 0 Å². The lowest BCUT2D eigenvalue weighted by Gasteiger charge is -2.12. The van der Waals surface area contributed by atoms with Gasteiger partial charge in [0.25, 0.3) is 5.91 Å². The number of ether oxygens (including phenoxy) is 1. The largest absolute Gasteiger partial charge is 0.487 e. The summed E-state index contributed by atoms with van der Waals surface area (Å²) in [7, 11) is 0. The van der Waals surface area contributed by atoms with Crippen LogP contribution in [0.3, 0.4) is 0 Å². The van der Waals surface area contributed by atoms with Gasteiger partial charge in [0.15, 0.2) is 0 Å². The summed E-state index contributed by atoms with van der Waals surface area (Å²) in [6.07, 6.45) is 1.35. The number of hydrogen-bond acceptors (Lipinski definition) is 4. The molecule has 3 aromatic rings. The molecule has 8 heteroatoms. The predicted octanol–water partition coefficient (Wildman–Crippen LogP) is 5.05. The van der Waals surface area contributed by atoms with E-state index in [0.29, 0.717) is 26.9 Å². The molecule has 0 aliphatic rings. The minimum absolute atomic E-state index is 0.252. The lowest BCUT2D eigenvalue weighted by molar-refractivity contribution is -0.115.